The van der Waals surface area contributed by atoms with E-state index in [1.807, 2.05) is 6.92 Å². The molecule has 0 bridgehead atoms. The summed E-state index contributed by atoms with van der Waals surface area (Å²) < 4.78 is 12.7. The van der Waals surface area contributed by atoms with Gasteiger partial charge in [-0.1, -0.05) is 13.0 Å². The van der Waals surface area contributed by atoms with E-state index in [-0.39, 0.29) is 6.04 Å². The maximum absolute atomic E-state index is 12.7. The van der Waals surface area contributed by atoms with Crippen molar-refractivity contribution in [3.8, 4) is 11.5 Å². The number of phenolic OH excluding ortho intramolecular Hbond substituents is 2. The lowest BCUT2D eigenvalue weighted by Crippen LogP contribution is -2.08. The molecule has 0 saturated carbocycles. The predicted octanol–water partition coefficient (Wildman–Crippen LogP) is 1.65. The lowest BCUT2D eigenvalue weighted by atomic mass is 10.0. The van der Waals surface area contributed by atoms with Crippen LogP contribution in [0.4, 0.5) is 4.39 Å². The monoisotopic (exact) mass is 185 g/mol. The Morgan fingerprint density at radius 1 is 1.38 bits per heavy atom. The lowest BCUT2D eigenvalue weighted by Gasteiger charge is -2.12. The zero-order chi connectivity index (χ0) is 10.0. The highest BCUT2D eigenvalue weighted by atomic mass is 19.1. The van der Waals surface area contributed by atoms with E-state index in [0.29, 0.717) is 12.0 Å². The van der Waals surface area contributed by atoms with E-state index in [0.717, 1.165) is 6.07 Å². The van der Waals surface area contributed by atoms with Gasteiger partial charge >= 0.3 is 0 Å². The van der Waals surface area contributed by atoms with Crippen LogP contribution in [0.1, 0.15) is 24.9 Å². The van der Waals surface area contributed by atoms with Crippen LogP contribution in [-0.2, 0) is 0 Å². The molecule has 0 aliphatic heterocycles. The molecule has 0 amide bonds. The molecule has 0 fully saturated rings. The first-order chi connectivity index (χ1) is 6.07. The Labute approximate surface area is 75.6 Å². The van der Waals surface area contributed by atoms with Crippen molar-refractivity contribution in [2.45, 2.75) is 19.4 Å². The molecule has 0 aliphatic rings. The van der Waals surface area contributed by atoms with Gasteiger partial charge in [0.1, 0.15) is 0 Å². The topological polar surface area (TPSA) is 66.5 Å². The molecule has 1 rings (SSSR count). The van der Waals surface area contributed by atoms with Crippen LogP contribution in [0, 0.1) is 5.82 Å². The maximum Gasteiger partial charge on any atom is 0.194 e. The van der Waals surface area contributed by atoms with Gasteiger partial charge in [0.25, 0.3) is 0 Å². The van der Waals surface area contributed by atoms with Gasteiger partial charge in [0.2, 0.25) is 0 Å². The first-order valence-corrected chi connectivity index (χ1v) is 4.03. The first-order valence-electron chi connectivity index (χ1n) is 4.03. The molecular formula is C9H12FNO2. The van der Waals surface area contributed by atoms with Gasteiger partial charge in [-0.2, -0.15) is 0 Å². The number of benzene rings is 1. The molecule has 3 nitrogen and oxygen atoms in total. The molecule has 72 valence electrons. The summed E-state index contributed by atoms with van der Waals surface area (Å²) in [5.74, 6) is -2.04. The Hall–Kier alpha value is -1.29. The van der Waals surface area contributed by atoms with E-state index >= 15 is 0 Å². The second kappa shape index (κ2) is 3.62. The van der Waals surface area contributed by atoms with Crippen LogP contribution in [0.5, 0.6) is 11.5 Å². The number of hydrogen-bond donors (Lipinski definition) is 3. The summed E-state index contributed by atoms with van der Waals surface area (Å²) in [6, 6.07) is 2.07. The average Bonchev–Trinajstić information content (AvgIpc) is 2.13. The highest BCUT2D eigenvalue weighted by Gasteiger charge is 2.15. The lowest BCUT2D eigenvalue weighted by molar-refractivity contribution is 0.372. The van der Waals surface area contributed by atoms with E-state index in [2.05, 4.69) is 0 Å². The zero-order valence-corrected chi connectivity index (χ0v) is 7.29. The Kier molecular flexibility index (Phi) is 2.72. The number of rotatable bonds is 2. The van der Waals surface area contributed by atoms with Crippen molar-refractivity contribution in [1.29, 1.82) is 0 Å². The van der Waals surface area contributed by atoms with Gasteiger partial charge < -0.3 is 15.9 Å². The van der Waals surface area contributed by atoms with Crippen LogP contribution in [0.2, 0.25) is 0 Å². The summed E-state index contributed by atoms with van der Waals surface area (Å²) in [7, 11) is 0. The summed E-state index contributed by atoms with van der Waals surface area (Å²) in [6.07, 6.45) is 0.610. The van der Waals surface area contributed by atoms with Gasteiger partial charge in [-0.3, -0.25) is 0 Å². The minimum absolute atomic E-state index is 0.362. The molecule has 0 unspecified atom stereocenters. The van der Waals surface area contributed by atoms with Gasteiger partial charge in [0.05, 0.1) is 0 Å². The predicted molar refractivity (Wildman–Crippen MR) is 46.9 cm³/mol. The van der Waals surface area contributed by atoms with Crippen LogP contribution in [0.3, 0.4) is 0 Å². The molecule has 1 atom stereocenters. The molecule has 0 aromatic heterocycles. The van der Waals surface area contributed by atoms with E-state index < -0.39 is 17.3 Å². The summed E-state index contributed by atoms with van der Waals surface area (Å²) >= 11 is 0. The van der Waals surface area contributed by atoms with Crippen LogP contribution in [0.25, 0.3) is 0 Å². The molecule has 0 spiro atoms. The Balaban J connectivity index is 3.18. The number of aromatic hydroxyl groups is 2. The van der Waals surface area contributed by atoms with E-state index in [1.54, 1.807) is 0 Å². The van der Waals surface area contributed by atoms with Gasteiger partial charge in [-0.15, -0.1) is 0 Å². The van der Waals surface area contributed by atoms with Crippen LogP contribution < -0.4 is 5.73 Å². The molecular weight excluding hydrogens is 173 g/mol. The van der Waals surface area contributed by atoms with Crippen LogP contribution in [0.15, 0.2) is 12.1 Å². The standard InChI is InChI=1S/C9H12FNO2/c1-2-7(11)5-3-4-6(10)9(13)8(5)12/h3-4,7,12-13H,2,11H2,1H3/t7-/m1/s1. The fourth-order valence-corrected chi connectivity index (χ4v) is 1.09. The van der Waals surface area contributed by atoms with E-state index in [1.165, 1.54) is 6.07 Å². The minimum Gasteiger partial charge on any atom is -0.504 e. The Bertz CT molecular complexity index is 315. The molecule has 1 aromatic carbocycles. The third-order valence-corrected chi connectivity index (χ3v) is 1.97. The summed E-state index contributed by atoms with van der Waals surface area (Å²) in [5, 5.41) is 18.4. The number of nitrogens with two attached hydrogens (primary N) is 1. The summed E-state index contributed by atoms with van der Waals surface area (Å²) in [4.78, 5) is 0. The minimum atomic E-state index is -0.843. The SMILES string of the molecule is CC[C@@H](N)c1ccc(F)c(O)c1O. The average molecular weight is 185 g/mol. The van der Waals surface area contributed by atoms with Crippen molar-refractivity contribution in [1.82, 2.24) is 0 Å². The van der Waals surface area contributed by atoms with Gasteiger partial charge in [0.15, 0.2) is 17.3 Å². The van der Waals surface area contributed by atoms with E-state index in [4.69, 9.17) is 10.8 Å². The number of phenols is 2. The van der Waals surface area contributed by atoms with Crippen molar-refractivity contribution >= 4 is 0 Å². The largest absolute Gasteiger partial charge is 0.504 e. The summed E-state index contributed by atoms with van der Waals surface area (Å²) in [5.41, 5.74) is 5.98. The fraction of sp³-hybridized carbons (Fsp3) is 0.333. The van der Waals surface area contributed by atoms with Crippen molar-refractivity contribution in [3.05, 3.63) is 23.5 Å². The molecule has 0 radical (unpaired) electrons. The van der Waals surface area contributed by atoms with Gasteiger partial charge in [-0.05, 0) is 12.5 Å². The van der Waals surface area contributed by atoms with Crippen molar-refractivity contribution < 1.29 is 14.6 Å². The normalized spacial score (nSPS) is 12.8. The third-order valence-electron chi connectivity index (χ3n) is 1.97. The molecule has 13 heavy (non-hydrogen) atoms. The second-order valence-corrected chi connectivity index (χ2v) is 2.85. The fourth-order valence-electron chi connectivity index (χ4n) is 1.09. The van der Waals surface area contributed by atoms with E-state index in [9.17, 15) is 9.50 Å². The van der Waals surface area contributed by atoms with Gasteiger partial charge in [-0.25, -0.2) is 4.39 Å². The quantitative estimate of drug-likeness (QED) is 0.614. The van der Waals surface area contributed by atoms with Crippen molar-refractivity contribution in [2.75, 3.05) is 0 Å². The smallest absolute Gasteiger partial charge is 0.194 e. The Morgan fingerprint density at radius 2 is 2.00 bits per heavy atom. The van der Waals surface area contributed by atoms with Crippen LogP contribution in [-0.4, -0.2) is 10.2 Å². The molecule has 0 saturated heterocycles. The van der Waals surface area contributed by atoms with Crippen molar-refractivity contribution in [3.63, 3.8) is 0 Å². The second-order valence-electron chi connectivity index (χ2n) is 2.85. The molecule has 0 aliphatic carbocycles. The third kappa shape index (κ3) is 1.72. The van der Waals surface area contributed by atoms with Crippen LogP contribution >= 0.6 is 0 Å². The van der Waals surface area contributed by atoms with Gasteiger partial charge in [0, 0.05) is 11.6 Å². The maximum atomic E-state index is 12.7. The highest BCUT2D eigenvalue weighted by molar-refractivity contribution is 5.46. The molecule has 4 heteroatoms. The molecule has 0 heterocycles. The zero-order valence-electron chi connectivity index (χ0n) is 7.29. The molecule has 4 N–H and O–H groups in total. The first kappa shape index (κ1) is 9.80. The van der Waals surface area contributed by atoms with Crippen molar-refractivity contribution in [2.24, 2.45) is 5.73 Å². The Morgan fingerprint density at radius 3 is 2.54 bits per heavy atom. The summed E-state index contributed by atoms with van der Waals surface area (Å²) in [6.45, 7) is 1.84. The highest BCUT2D eigenvalue weighted by Crippen LogP contribution is 2.34. The molecule has 1 aromatic rings. The number of halogens is 1. The number of hydrogen-bond acceptors (Lipinski definition) is 3.